The normalized spacial score (nSPS) is 20.1. The second-order valence-electron chi connectivity index (χ2n) is 14.2. The molecule has 0 unspecified atom stereocenters. The maximum Gasteiger partial charge on any atom is 2.00 e. The maximum absolute atomic E-state index is 6.93. The van der Waals surface area contributed by atoms with Crippen molar-refractivity contribution in [3.05, 3.63) is 125 Å². The summed E-state index contributed by atoms with van der Waals surface area (Å²) >= 11 is 0. The van der Waals surface area contributed by atoms with Crippen LogP contribution in [0.25, 0.3) is 45.0 Å². The third-order valence-corrected chi connectivity index (χ3v) is 10.0. The van der Waals surface area contributed by atoms with Gasteiger partial charge in [-0.05, 0) is 82.6 Å². The number of nitrogens with zero attached hydrogens (tertiary/aromatic N) is 5. The molecule has 2 aliphatic rings. The van der Waals surface area contributed by atoms with Crippen LogP contribution in [0, 0.1) is 26.0 Å². The van der Waals surface area contributed by atoms with E-state index < -0.39 is 11.1 Å². The second-order valence-corrected chi connectivity index (χ2v) is 14.2. The van der Waals surface area contributed by atoms with Crippen molar-refractivity contribution < 1.29 is 25.8 Å². The van der Waals surface area contributed by atoms with Crippen LogP contribution in [0.4, 0.5) is 0 Å². The van der Waals surface area contributed by atoms with Crippen molar-refractivity contribution >= 4 is 33.9 Å². The standard InChI is InChI=1S/C41H37N5O.Pt/c1-25-31(38-45-40(6)19-12-14-27-13-8-10-16-32(27)41(40,7)47-38)23-35(26(2)44-25)46-34-17-11-9-15-30(34)37-36(46)21-28(24-43-37)33-22-29(18-20-42-33)39(3,4)5;/h8-18,20,22,24H,19H2,1-7H3;/q-2;+2/t40-,41+;/m1./s1. The average molecular weight is 811 g/mol. The van der Waals surface area contributed by atoms with E-state index in [4.69, 9.17) is 24.7 Å². The van der Waals surface area contributed by atoms with Gasteiger partial charge < -0.3 is 24.3 Å². The Morgan fingerprint density at radius 1 is 0.917 bits per heavy atom. The molecule has 6 aromatic rings. The van der Waals surface area contributed by atoms with Gasteiger partial charge >= 0.3 is 21.1 Å². The van der Waals surface area contributed by atoms with Gasteiger partial charge in [0, 0.05) is 22.8 Å². The molecule has 0 saturated heterocycles. The second kappa shape index (κ2) is 11.3. The predicted octanol–water partition coefficient (Wildman–Crippen LogP) is 9.02. The van der Waals surface area contributed by atoms with Crippen LogP contribution in [0.1, 0.15) is 74.7 Å². The summed E-state index contributed by atoms with van der Waals surface area (Å²) in [6.07, 6.45) is 8.89. The van der Waals surface area contributed by atoms with Gasteiger partial charge in [-0.2, -0.15) is 0 Å². The minimum atomic E-state index is -0.651. The molecule has 0 radical (unpaired) electrons. The monoisotopic (exact) mass is 810 g/mol. The van der Waals surface area contributed by atoms with Crippen LogP contribution < -0.4 is 0 Å². The zero-order chi connectivity index (χ0) is 32.7. The van der Waals surface area contributed by atoms with Crippen LogP contribution in [0.15, 0.2) is 84.1 Å². The number of aliphatic imine (C=N–C) groups is 1. The molecule has 7 heteroatoms. The fourth-order valence-electron chi connectivity index (χ4n) is 7.09. The number of ether oxygens (including phenoxy) is 1. The maximum atomic E-state index is 6.93. The topological polar surface area (TPSA) is 65.2 Å². The fraction of sp³-hybridized carbons (Fsp3) is 0.268. The Morgan fingerprint density at radius 2 is 1.69 bits per heavy atom. The summed E-state index contributed by atoms with van der Waals surface area (Å²) in [6.45, 7) is 15.0. The summed E-state index contributed by atoms with van der Waals surface area (Å²) in [4.78, 5) is 20.1. The summed E-state index contributed by atoms with van der Waals surface area (Å²) in [7, 11) is 0. The van der Waals surface area contributed by atoms with Crippen molar-refractivity contribution in [1.82, 2.24) is 19.5 Å². The van der Waals surface area contributed by atoms with Gasteiger partial charge in [0.1, 0.15) is 11.5 Å². The molecule has 0 spiro atoms. The molecular formula is C41H37N5OPt. The van der Waals surface area contributed by atoms with Gasteiger partial charge in [0.05, 0.1) is 5.54 Å². The van der Waals surface area contributed by atoms with Crippen LogP contribution >= 0.6 is 0 Å². The van der Waals surface area contributed by atoms with Crippen LogP contribution in [0.2, 0.25) is 0 Å². The molecule has 1 aliphatic carbocycles. The van der Waals surface area contributed by atoms with Crippen molar-refractivity contribution in [2.24, 2.45) is 4.99 Å². The van der Waals surface area contributed by atoms with E-state index in [0.717, 1.165) is 73.4 Å². The first-order valence-electron chi connectivity index (χ1n) is 16.2. The molecule has 6 nitrogen and oxygen atoms in total. The number of para-hydroxylation sites is 1. The van der Waals surface area contributed by atoms with E-state index in [-0.39, 0.29) is 26.5 Å². The smallest absolute Gasteiger partial charge is 0.508 e. The Bertz CT molecular complexity index is 2310. The van der Waals surface area contributed by atoms with Gasteiger partial charge in [-0.3, -0.25) is 4.99 Å². The molecule has 0 fully saturated rings. The zero-order valence-corrected chi connectivity index (χ0v) is 30.5. The van der Waals surface area contributed by atoms with Crippen molar-refractivity contribution in [1.29, 1.82) is 0 Å². The van der Waals surface area contributed by atoms with Crippen LogP contribution in [0.3, 0.4) is 0 Å². The minimum Gasteiger partial charge on any atom is -0.508 e. The Balaban J connectivity index is 0.00000364. The first kappa shape index (κ1) is 32.2. The molecule has 2 aromatic carbocycles. The number of rotatable bonds is 3. The number of hydrogen-bond donors (Lipinski definition) is 0. The van der Waals surface area contributed by atoms with Gasteiger partial charge in [0.2, 0.25) is 0 Å². The van der Waals surface area contributed by atoms with E-state index in [1.165, 1.54) is 5.56 Å². The van der Waals surface area contributed by atoms with Crippen molar-refractivity contribution in [3.8, 4) is 16.9 Å². The van der Waals surface area contributed by atoms with Gasteiger partial charge in [0.15, 0.2) is 0 Å². The number of pyridine rings is 3. The summed E-state index contributed by atoms with van der Waals surface area (Å²) < 4.78 is 9.11. The van der Waals surface area contributed by atoms with E-state index in [0.29, 0.717) is 5.90 Å². The quantitative estimate of drug-likeness (QED) is 0.168. The van der Waals surface area contributed by atoms with E-state index >= 15 is 0 Å². The number of aromatic nitrogens is 4. The molecule has 4 aromatic heterocycles. The first-order chi connectivity index (χ1) is 22.5. The van der Waals surface area contributed by atoms with Gasteiger partial charge in [-0.1, -0.05) is 107 Å². The molecule has 48 heavy (non-hydrogen) atoms. The molecule has 0 bridgehead atoms. The van der Waals surface area contributed by atoms with Crippen molar-refractivity contribution in [2.45, 2.75) is 71.4 Å². The van der Waals surface area contributed by atoms with Gasteiger partial charge in [-0.15, -0.1) is 17.7 Å². The minimum absolute atomic E-state index is 0. The van der Waals surface area contributed by atoms with E-state index in [1.807, 2.05) is 32.3 Å². The third kappa shape index (κ3) is 4.87. The molecule has 242 valence electrons. The van der Waals surface area contributed by atoms with E-state index in [1.54, 1.807) is 0 Å². The fourth-order valence-corrected chi connectivity index (χ4v) is 7.09. The van der Waals surface area contributed by atoms with E-state index in [9.17, 15) is 0 Å². The summed E-state index contributed by atoms with van der Waals surface area (Å²) in [5, 5.41) is 1.04. The molecule has 0 saturated carbocycles. The van der Waals surface area contributed by atoms with Crippen LogP contribution in [-0.4, -0.2) is 31.0 Å². The molecule has 5 heterocycles. The van der Waals surface area contributed by atoms with Crippen molar-refractivity contribution in [2.75, 3.05) is 0 Å². The average Bonchev–Trinajstić information content (AvgIpc) is 3.48. The number of fused-ring (bicyclic) bond motifs is 6. The predicted molar refractivity (Wildman–Crippen MR) is 189 cm³/mol. The molecular weight excluding hydrogens is 774 g/mol. The third-order valence-electron chi connectivity index (χ3n) is 10.0. The van der Waals surface area contributed by atoms with Gasteiger partial charge in [0.25, 0.3) is 0 Å². The Morgan fingerprint density at radius 3 is 2.50 bits per heavy atom. The van der Waals surface area contributed by atoms with E-state index in [2.05, 4.69) is 118 Å². The van der Waals surface area contributed by atoms with Gasteiger partial charge in [-0.25, -0.2) is 0 Å². The SMILES string of the molecule is Cc1nc(C)c(-n2c3[c-]c(-c4cc(C(C)(C)C)ccn4)cnc3c3ccccc32)[c-]c1C1=N[C@]2(C)CC=Cc3ccccc3[C@]2(C)O1.[Pt+2]. The zero-order valence-electron chi connectivity index (χ0n) is 28.3. The Kier molecular flexibility index (Phi) is 7.60. The molecule has 0 amide bonds. The largest absolute Gasteiger partial charge is 2.00 e. The van der Waals surface area contributed by atoms with Crippen molar-refractivity contribution in [3.63, 3.8) is 0 Å². The summed E-state index contributed by atoms with van der Waals surface area (Å²) in [5.41, 5.74) is 10.00. The molecule has 2 atom stereocenters. The molecule has 0 N–H and O–H groups in total. The number of aryl methyl sites for hydroxylation is 2. The van der Waals surface area contributed by atoms with Crippen LogP contribution in [0.5, 0.6) is 0 Å². The Hall–Kier alpha value is -4.41. The van der Waals surface area contributed by atoms with Crippen LogP contribution in [-0.2, 0) is 36.8 Å². The molecule has 1 aliphatic heterocycles. The first-order valence-corrected chi connectivity index (χ1v) is 16.2. The number of benzene rings is 2. The summed E-state index contributed by atoms with van der Waals surface area (Å²) in [6, 6.07) is 28.4. The Labute approximate surface area is 296 Å². The number of hydrogen-bond acceptors (Lipinski definition) is 5. The summed E-state index contributed by atoms with van der Waals surface area (Å²) in [5.74, 6) is 0.568. The molecule has 8 rings (SSSR count).